The normalized spacial score (nSPS) is 33.9. The quantitative estimate of drug-likeness (QED) is 0.909. The molecule has 2 saturated heterocycles. The molecule has 1 saturated carbocycles. The molecule has 3 aliphatic rings. The van der Waals surface area contributed by atoms with Crippen molar-refractivity contribution < 1.29 is 9.47 Å². The highest BCUT2D eigenvalue weighted by Gasteiger charge is 2.41. The molecule has 5 nitrogen and oxygen atoms in total. The van der Waals surface area contributed by atoms with Gasteiger partial charge >= 0.3 is 0 Å². The van der Waals surface area contributed by atoms with Crippen molar-refractivity contribution in [1.82, 2.24) is 15.1 Å². The van der Waals surface area contributed by atoms with Crippen molar-refractivity contribution in [3.63, 3.8) is 0 Å². The largest absolute Gasteiger partial charge is 0.378 e. The van der Waals surface area contributed by atoms with Crippen LogP contribution in [0.25, 0.3) is 0 Å². The van der Waals surface area contributed by atoms with Crippen LogP contribution in [0.5, 0.6) is 0 Å². The lowest BCUT2D eigenvalue weighted by Crippen LogP contribution is -2.41. The highest BCUT2D eigenvalue weighted by atomic mass is 16.6. The van der Waals surface area contributed by atoms with Gasteiger partial charge in [-0.05, 0) is 19.3 Å². The first kappa shape index (κ1) is 12.8. The van der Waals surface area contributed by atoms with Gasteiger partial charge in [0.1, 0.15) is 0 Å². The van der Waals surface area contributed by atoms with Crippen molar-refractivity contribution in [1.29, 1.82) is 0 Å². The Labute approximate surface area is 119 Å². The lowest BCUT2D eigenvalue weighted by Gasteiger charge is -2.37. The first-order valence-corrected chi connectivity index (χ1v) is 7.81. The standard InChI is InChI=1S/C15H23N3O2/c1-2-13(1)16-8-12-9-17-18(10-12)14-3-5-20-15(7-14)4-6-19-11-15/h9-10,13-14,16H,1-8,11H2. The van der Waals surface area contributed by atoms with Gasteiger partial charge in [-0.3, -0.25) is 4.68 Å². The Hall–Kier alpha value is -0.910. The summed E-state index contributed by atoms with van der Waals surface area (Å²) in [6, 6.07) is 1.21. The zero-order valence-electron chi connectivity index (χ0n) is 11.9. The minimum atomic E-state index is -0.0404. The molecule has 1 aromatic heterocycles. The van der Waals surface area contributed by atoms with Gasteiger partial charge in [-0.1, -0.05) is 0 Å². The molecule has 1 aromatic rings. The predicted octanol–water partition coefficient (Wildman–Crippen LogP) is 1.65. The van der Waals surface area contributed by atoms with Crippen LogP contribution >= 0.6 is 0 Å². The predicted molar refractivity (Wildman–Crippen MR) is 74.5 cm³/mol. The van der Waals surface area contributed by atoms with Crippen LogP contribution in [0, 0.1) is 0 Å². The number of nitrogens with one attached hydrogen (secondary N) is 1. The minimum absolute atomic E-state index is 0.0404. The number of nitrogens with zero attached hydrogens (tertiary/aromatic N) is 2. The van der Waals surface area contributed by atoms with Gasteiger partial charge in [-0.2, -0.15) is 5.10 Å². The number of rotatable bonds is 4. The summed E-state index contributed by atoms with van der Waals surface area (Å²) in [6.45, 7) is 3.36. The van der Waals surface area contributed by atoms with E-state index in [2.05, 4.69) is 21.3 Å². The van der Waals surface area contributed by atoms with Crippen LogP contribution in [0.3, 0.4) is 0 Å². The second-order valence-corrected chi connectivity index (χ2v) is 6.46. The fourth-order valence-electron chi connectivity index (χ4n) is 3.31. The topological polar surface area (TPSA) is 48.3 Å². The van der Waals surface area contributed by atoms with Crippen molar-refractivity contribution in [3.05, 3.63) is 18.0 Å². The summed E-state index contributed by atoms with van der Waals surface area (Å²) in [5, 5.41) is 8.11. The highest BCUT2D eigenvalue weighted by molar-refractivity contribution is 5.06. The van der Waals surface area contributed by atoms with Gasteiger partial charge in [0, 0.05) is 50.4 Å². The summed E-state index contributed by atoms with van der Waals surface area (Å²) in [5.74, 6) is 0. The Morgan fingerprint density at radius 2 is 2.30 bits per heavy atom. The van der Waals surface area contributed by atoms with Gasteiger partial charge in [0.05, 0.1) is 24.4 Å². The highest BCUT2D eigenvalue weighted by Crippen LogP contribution is 2.37. The maximum absolute atomic E-state index is 5.99. The van der Waals surface area contributed by atoms with E-state index in [-0.39, 0.29) is 5.60 Å². The van der Waals surface area contributed by atoms with Crippen LogP contribution in [0.1, 0.15) is 43.7 Å². The lowest BCUT2D eigenvalue weighted by atomic mass is 9.90. The van der Waals surface area contributed by atoms with Crippen LogP contribution < -0.4 is 5.32 Å². The Morgan fingerprint density at radius 1 is 1.35 bits per heavy atom. The second kappa shape index (κ2) is 5.13. The smallest absolute Gasteiger partial charge is 0.0957 e. The van der Waals surface area contributed by atoms with Crippen LogP contribution in [0.4, 0.5) is 0 Å². The van der Waals surface area contributed by atoms with Crippen molar-refractivity contribution >= 4 is 0 Å². The molecule has 2 atom stereocenters. The molecule has 110 valence electrons. The van der Waals surface area contributed by atoms with Crippen LogP contribution in [-0.4, -0.2) is 41.2 Å². The molecule has 1 N–H and O–H groups in total. The molecule has 5 heteroatoms. The van der Waals surface area contributed by atoms with Gasteiger partial charge in [0.25, 0.3) is 0 Å². The summed E-state index contributed by atoms with van der Waals surface area (Å²) in [6.07, 6.45) is 9.98. The molecule has 0 radical (unpaired) electrons. The van der Waals surface area contributed by atoms with E-state index < -0.39 is 0 Å². The molecule has 0 bridgehead atoms. The molecule has 1 spiro atoms. The van der Waals surface area contributed by atoms with Crippen molar-refractivity contribution in [3.8, 4) is 0 Å². The summed E-state index contributed by atoms with van der Waals surface area (Å²) in [5.41, 5.74) is 1.25. The van der Waals surface area contributed by atoms with Crippen LogP contribution in [0.15, 0.2) is 12.4 Å². The molecule has 0 aromatic carbocycles. The Bertz CT molecular complexity index is 463. The van der Waals surface area contributed by atoms with Crippen molar-refractivity contribution in [2.45, 2.75) is 56.3 Å². The van der Waals surface area contributed by atoms with Gasteiger partial charge in [-0.15, -0.1) is 0 Å². The van der Waals surface area contributed by atoms with E-state index in [0.29, 0.717) is 6.04 Å². The fraction of sp³-hybridized carbons (Fsp3) is 0.800. The number of aromatic nitrogens is 2. The molecular weight excluding hydrogens is 254 g/mol. The molecule has 2 aliphatic heterocycles. The SMILES string of the molecule is c1nn(C2CCOC3(CCOC3)C2)cc1CNC1CC1. The average molecular weight is 277 g/mol. The van der Waals surface area contributed by atoms with Crippen LogP contribution in [0.2, 0.25) is 0 Å². The molecule has 1 aliphatic carbocycles. The molecular formula is C15H23N3O2. The third-order valence-corrected chi connectivity index (χ3v) is 4.74. The molecule has 20 heavy (non-hydrogen) atoms. The van der Waals surface area contributed by atoms with Crippen molar-refractivity contribution in [2.24, 2.45) is 0 Å². The molecule has 4 rings (SSSR count). The van der Waals surface area contributed by atoms with E-state index in [1.54, 1.807) is 0 Å². The van der Waals surface area contributed by atoms with E-state index in [0.717, 1.165) is 51.7 Å². The minimum Gasteiger partial charge on any atom is -0.378 e. The maximum atomic E-state index is 5.99. The Balaban J connectivity index is 1.40. The summed E-state index contributed by atoms with van der Waals surface area (Å²) >= 11 is 0. The van der Waals surface area contributed by atoms with E-state index in [1.807, 2.05) is 6.20 Å². The molecule has 3 fully saturated rings. The van der Waals surface area contributed by atoms with Crippen molar-refractivity contribution in [2.75, 3.05) is 19.8 Å². The monoisotopic (exact) mass is 277 g/mol. The lowest BCUT2D eigenvalue weighted by molar-refractivity contribution is -0.0962. The first-order valence-electron chi connectivity index (χ1n) is 7.81. The van der Waals surface area contributed by atoms with E-state index >= 15 is 0 Å². The summed E-state index contributed by atoms with van der Waals surface area (Å²) < 4.78 is 13.7. The third kappa shape index (κ3) is 2.62. The van der Waals surface area contributed by atoms with Gasteiger partial charge in [0.15, 0.2) is 0 Å². The van der Waals surface area contributed by atoms with Gasteiger partial charge in [-0.25, -0.2) is 0 Å². The maximum Gasteiger partial charge on any atom is 0.0957 e. The molecule has 0 amide bonds. The first-order chi connectivity index (χ1) is 9.83. The number of hydrogen-bond acceptors (Lipinski definition) is 4. The Morgan fingerprint density at radius 3 is 3.10 bits per heavy atom. The van der Waals surface area contributed by atoms with E-state index in [1.165, 1.54) is 18.4 Å². The number of hydrogen-bond donors (Lipinski definition) is 1. The van der Waals surface area contributed by atoms with E-state index in [9.17, 15) is 0 Å². The molecule has 3 heterocycles. The zero-order chi connectivity index (χ0) is 13.4. The fourth-order valence-corrected chi connectivity index (χ4v) is 3.31. The third-order valence-electron chi connectivity index (χ3n) is 4.74. The van der Waals surface area contributed by atoms with Gasteiger partial charge < -0.3 is 14.8 Å². The van der Waals surface area contributed by atoms with E-state index in [4.69, 9.17) is 9.47 Å². The number of ether oxygens (including phenoxy) is 2. The van der Waals surface area contributed by atoms with Gasteiger partial charge in [0.2, 0.25) is 0 Å². The summed E-state index contributed by atoms with van der Waals surface area (Å²) in [7, 11) is 0. The second-order valence-electron chi connectivity index (χ2n) is 6.46. The molecule has 2 unspecified atom stereocenters. The zero-order valence-corrected chi connectivity index (χ0v) is 11.9. The average Bonchev–Trinajstić information content (AvgIpc) is 3.00. The Kier molecular flexibility index (Phi) is 3.28. The van der Waals surface area contributed by atoms with Crippen LogP contribution in [-0.2, 0) is 16.0 Å². The summed E-state index contributed by atoms with van der Waals surface area (Å²) in [4.78, 5) is 0.